The maximum absolute atomic E-state index is 10.1. The predicted octanol–water partition coefficient (Wildman–Crippen LogP) is 1.30. The van der Waals surface area contributed by atoms with Gasteiger partial charge in [-0.1, -0.05) is 0 Å². The van der Waals surface area contributed by atoms with Crippen LogP contribution in [0, 0.1) is 0 Å². The summed E-state index contributed by atoms with van der Waals surface area (Å²) in [5.74, 6) is 1.11. The molecule has 1 heterocycles. The number of benzene rings is 1. The van der Waals surface area contributed by atoms with E-state index >= 15 is 0 Å². The van der Waals surface area contributed by atoms with Gasteiger partial charge in [-0.3, -0.25) is 9.80 Å². The van der Waals surface area contributed by atoms with Crippen molar-refractivity contribution in [3.05, 3.63) is 23.8 Å². The molecule has 0 radical (unpaired) electrons. The molecular weight excluding hydrogens is 266 g/mol. The molecule has 0 spiro atoms. The van der Waals surface area contributed by atoms with E-state index in [9.17, 15) is 5.11 Å². The van der Waals surface area contributed by atoms with Crippen LogP contribution in [0.2, 0.25) is 0 Å². The average molecular weight is 293 g/mol. The Morgan fingerprint density at radius 2 is 2.10 bits per heavy atom. The highest BCUT2D eigenvalue weighted by atomic mass is 16.5. The lowest BCUT2D eigenvalue weighted by atomic mass is 10.1. The van der Waals surface area contributed by atoms with Crippen LogP contribution in [0.1, 0.15) is 18.5 Å². The molecule has 0 saturated carbocycles. The first kappa shape index (κ1) is 16.1. The summed E-state index contributed by atoms with van der Waals surface area (Å²) in [5.41, 5.74) is 0.914. The highest BCUT2D eigenvalue weighted by Gasteiger charge is 2.17. The molecule has 5 heteroatoms. The molecule has 1 aliphatic heterocycles. The quantitative estimate of drug-likeness (QED) is 0.828. The molecule has 1 unspecified atom stereocenters. The van der Waals surface area contributed by atoms with Gasteiger partial charge in [0.2, 0.25) is 0 Å². The SMILES string of the molecule is COc1ccc(O)c(C(C)N(C)CCN2CCNCC2)c1. The van der Waals surface area contributed by atoms with E-state index < -0.39 is 0 Å². The Balaban J connectivity index is 1.93. The van der Waals surface area contributed by atoms with E-state index in [-0.39, 0.29) is 6.04 Å². The molecule has 0 bridgehead atoms. The largest absolute Gasteiger partial charge is 0.508 e. The Bertz CT molecular complexity index is 447. The average Bonchev–Trinajstić information content (AvgIpc) is 2.53. The Labute approximate surface area is 127 Å². The van der Waals surface area contributed by atoms with E-state index in [0.717, 1.165) is 50.6 Å². The molecule has 0 aromatic heterocycles. The molecule has 1 aromatic rings. The van der Waals surface area contributed by atoms with E-state index in [4.69, 9.17) is 4.74 Å². The predicted molar refractivity (Wildman–Crippen MR) is 85.0 cm³/mol. The highest BCUT2D eigenvalue weighted by Crippen LogP contribution is 2.30. The number of hydrogen-bond acceptors (Lipinski definition) is 5. The van der Waals surface area contributed by atoms with Crippen molar-refractivity contribution in [3.63, 3.8) is 0 Å². The standard InChI is InChI=1S/C16H27N3O2/c1-13(15-12-14(21-3)4-5-16(15)20)18(2)10-11-19-8-6-17-7-9-19/h4-5,12-13,17,20H,6-11H2,1-3H3. The van der Waals surface area contributed by atoms with Crippen molar-refractivity contribution < 1.29 is 9.84 Å². The number of phenolic OH excluding ortho intramolecular Hbond substituents is 1. The summed E-state index contributed by atoms with van der Waals surface area (Å²) in [7, 11) is 3.75. The fourth-order valence-corrected chi connectivity index (χ4v) is 2.66. The number of likely N-dealkylation sites (N-methyl/N-ethyl adjacent to an activating group) is 1. The summed E-state index contributed by atoms with van der Waals surface area (Å²) < 4.78 is 5.25. The molecule has 1 atom stereocenters. The van der Waals surface area contributed by atoms with Gasteiger partial charge in [0.25, 0.3) is 0 Å². The second-order valence-electron chi connectivity index (χ2n) is 5.67. The summed E-state index contributed by atoms with van der Waals surface area (Å²) in [6, 6.07) is 5.56. The second-order valence-corrected chi connectivity index (χ2v) is 5.67. The van der Waals surface area contributed by atoms with Gasteiger partial charge in [-0.25, -0.2) is 0 Å². The van der Waals surface area contributed by atoms with Gasteiger partial charge in [0.15, 0.2) is 0 Å². The maximum Gasteiger partial charge on any atom is 0.120 e. The van der Waals surface area contributed by atoms with Crippen LogP contribution in [0.5, 0.6) is 11.5 Å². The summed E-state index contributed by atoms with van der Waals surface area (Å²) >= 11 is 0. The number of hydrogen-bond donors (Lipinski definition) is 2. The van der Waals surface area contributed by atoms with Crippen molar-refractivity contribution in [1.82, 2.24) is 15.1 Å². The molecule has 5 nitrogen and oxygen atoms in total. The smallest absolute Gasteiger partial charge is 0.120 e. The highest BCUT2D eigenvalue weighted by molar-refractivity contribution is 5.41. The van der Waals surface area contributed by atoms with Crippen molar-refractivity contribution in [2.45, 2.75) is 13.0 Å². The first-order valence-corrected chi connectivity index (χ1v) is 7.62. The second kappa shape index (κ2) is 7.64. The molecule has 1 fully saturated rings. The van der Waals surface area contributed by atoms with Crippen molar-refractivity contribution in [1.29, 1.82) is 0 Å². The Hall–Kier alpha value is -1.30. The number of ether oxygens (including phenoxy) is 1. The summed E-state index contributed by atoms with van der Waals surface area (Å²) in [6.45, 7) is 8.56. The van der Waals surface area contributed by atoms with Gasteiger partial charge in [-0.15, -0.1) is 0 Å². The number of phenols is 1. The van der Waals surface area contributed by atoms with Gasteiger partial charge in [-0.2, -0.15) is 0 Å². The van der Waals surface area contributed by atoms with Gasteiger partial charge < -0.3 is 15.2 Å². The number of piperazine rings is 1. The molecule has 21 heavy (non-hydrogen) atoms. The van der Waals surface area contributed by atoms with Crippen LogP contribution < -0.4 is 10.1 Å². The number of nitrogens with zero attached hydrogens (tertiary/aromatic N) is 2. The topological polar surface area (TPSA) is 48.0 Å². The molecule has 1 saturated heterocycles. The van der Waals surface area contributed by atoms with E-state index in [1.807, 2.05) is 6.07 Å². The maximum atomic E-state index is 10.1. The van der Waals surface area contributed by atoms with Gasteiger partial charge >= 0.3 is 0 Å². The van der Waals surface area contributed by atoms with E-state index in [2.05, 4.69) is 29.1 Å². The van der Waals surface area contributed by atoms with Crippen LogP contribution in [-0.4, -0.2) is 68.3 Å². The fourth-order valence-electron chi connectivity index (χ4n) is 2.66. The lowest BCUT2D eigenvalue weighted by molar-refractivity contribution is 0.181. The van der Waals surface area contributed by atoms with Crippen LogP contribution in [-0.2, 0) is 0 Å². The zero-order chi connectivity index (χ0) is 15.2. The number of nitrogens with one attached hydrogen (secondary N) is 1. The zero-order valence-corrected chi connectivity index (χ0v) is 13.3. The minimum absolute atomic E-state index is 0.156. The Morgan fingerprint density at radius 3 is 2.76 bits per heavy atom. The third kappa shape index (κ3) is 4.33. The molecule has 2 N–H and O–H groups in total. The normalized spacial score (nSPS) is 17.9. The zero-order valence-electron chi connectivity index (χ0n) is 13.3. The van der Waals surface area contributed by atoms with Gasteiger partial charge in [0.1, 0.15) is 11.5 Å². The van der Waals surface area contributed by atoms with Crippen molar-refractivity contribution in [2.24, 2.45) is 0 Å². The lowest BCUT2D eigenvalue weighted by Gasteiger charge is -2.31. The van der Waals surface area contributed by atoms with Crippen LogP contribution in [0.25, 0.3) is 0 Å². The number of aromatic hydroxyl groups is 1. The van der Waals surface area contributed by atoms with Crippen LogP contribution >= 0.6 is 0 Å². The van der Waals surface area contributed by atoms with Crippen molar-refractivity contribution >= 4 is 0 Å². The third-order valence-electron chi connectivity index (χ3n) is 4.32. The Kier molecular flexibility index (Phi) is 5.85. The van der Waals surface area contributed by atoms with Crippen LogP contribution in [0.4, 0.5) is 0 Å². The van der Waals surface area contributed by atoms with Crippen LogP contribution in [0.15, 0.2) is 18.2 Å². The van der Waals surface area contributed by atoms with Crippen molar-refractivity contribution in [3.8, 4) is 11.5 Å². The summed E-state index contributed by atoms with van der Waals surface area (Å²) in [4.78, 5) is 4.75. The lowest BCUT2D eigenvalue weighted by Crippen LogP contribution is -2.46. The molecule has 1 aromatic carbocycles. The van der Waals surface area contributed by atoms with Gasteiger partial charge in [-0.05, 0) is 32.2 Å². The first-order valence-electron chi connectivity index (χ1n) is 7.62. The fraction of sp³-hybridized carbons (Fsp3) is 0.625. The Morgan fingerprint density at radius 1 is 1.38 bits per heavy atom. The monoisotopic (exact) mass is 293 g/mol. The first-order chi connectivity index (χ1) is 10.1. The molecule has 1 aliphatic rings. The number of rotatable bonds is 6. The molecule has 0 amide bonds. The molecule has 0 aliphatic carbocycles. The molecule has 2 rings (SSSR count). The van der Waals surface area contributed by atoms with E-state index in [1.54, 1.807) is 19.2 Å². The molecular formula is C16H27N3O2. The van der Waals surface area contributed by atoms with E-state index in [0.29, 0.717) is 5.75 Å². The summed E-state index contributed by atoms with van der Waals surface area (Å²) in [6.07, 6.45) is 0. The third-order valence-corrected chi connectivity index (χ3v) is 4.32. The van der Waals surface area contributed by atoms with Gasteiger partial charge in [0, 0.05) is 50.9 Å². The summed E-state index contributed by atoms with van der Waals surface area (Å²) in [5, 5.41) is 13.4. The van der Waals surface area contributed by atoms with Gasteiger partial charge in [0.05, 0.1) is 7.11 Å². The van der Waals surface area contributed by atoms with E-state index in [1.165, 1.54) is 0 Å². The number of methoxy groups -OCH3 is 1. The van der Waals surface area contributed by atoms with Crippen LogP contribution in [0.3, 0.4) is 0 Å². The minimum atomic E-state index is 0.156. The van der Waals surface area contributed by atoms with Crippen molar-refractivity contribution in [2.75, 3.05) is 53.4 Å². The molecule has 118 valence electrons. The minimum Gasteiger partial charge on any atom is -0.508 e.